The second-order valence-corrected chi connectivity index (χ2v) is 10.4. The molecule has 0 aromatic carbocycles. The number of carbonyl (C=O) groups is 1. The summed E-state index contributed by atoms with van der Waals surface area (Å²) in [6.07, 6.45) is 8.53. The minimum Gasteiger partial charge on any atom is -0.444 e. The van der Waals surface area contributed by atoms with Gasteiger partial charge in [-0.05, 0) is 72.6 Å². The van der Waals surface area contributed by atoms with Crippen LogP contribution in [0.15, 0.2) is 0 Å². The number of ether oxygens (including phenoxy) is 1. The summed E-state index contributed by atoms with van der Waals surface area (Å²) in [4.78, 5) is 14.4. The molecule has 2 N–H and O–H groups in total. The Morgan fingerprint density at radius 3 is 2.38 bits per heavy atom. The summed E-state index contributed by atoms with van der Waals surface area (Å²) in [7, 11) is 0. The molecule has 1 amide bonds. The van der Waals surface area contributed by atoms with Crippen molar-refractivity contribution >= 4 is 6.09 Å². The van der Waals surface area contributed by atoms with Crippen LogP contribution in [0.4, 0.5) is 4.79 Å². The molecule has 0 radical (unpaired) electrons. The van der Waals surface area contributed by atoms with E-state index >= 15 is 0 Å². The first-order chi connectivity index (χ1) is 13.6. The summed E-state index contributed by atoms with van der Waals surface area (Å²) >= 11 is 0. The average molecular weight is 407 g/mol. The van der Waals surface area contributed by atoms with Crippen LogP contribution in [0.3, 0.4) is 0 Å². The summed E-state index contributed by atoms with van der Waals surface area (Å²) in [5.74, 6) is 0.530. The lowest BCUT2D eigenvalue weighted by atomic mass is 9.82. The molecule has 0 bridgehead atoms. The number of rotatable bonds is 7. The van der Waals surface area contributed by atoms with E-state index in [-0.39, 0.29) is 11.6 Å². The van der Waals surface area contributed by atoms with Gasteiger partial charge in [0.05, 0.1) is 6.07 Å². The van der Waals surface area contributed by atoms with Gasteiger partial charge in [0.15, 0.2) is 0 Å². The van der Waals surface area contributed by atoms with Crippen LogP contribution in [-0.4, -0.2) is 53.9 Å². The van der Waals surface area contributed by atoms with E-state index in [0.717, 1.165) is 32.4 Å². The lowest BCUT2D eigenvalue weighted by Gasteiger charge is -2.44. The molecule has 0 spiro atoms. The highest BCUT2D eigenvalue weighted by Crippen LogP contribution is 2.29. The molecule has 2 rings (SSSR count). The van der Waals surface area contributed by atoms with Gasteiger partial charge in [0, 0.05) is 43.7 Å². The smallest absolute Gasteiger partial charge is 0.407 e. The van der Waals surface area contributed by atoms with Gasteiger partial charge in [-0.2, -0.15) is 5.26 Å². The van der Waals surface area contributed by atoms with Gasteiger partial charge >= 0.3 is 6.09 Å². The number of hydrogen-bond donors (Lipinski definition) is 2. The van der Waals surface area contributed by atoms with Gasteiger partial charge in [-0.25, -0.2) is 4.79 Å². The highest BCUT2D eigenvalue weighted by atomic mass is 16.6. The molecule has 2 atom stereocenters. The zero-order valence-electron chi connectivity index (χ0n) is 19.2. The molecule has 6 nitrogen and oxygen atoms in total. The topological polar surface area (TPSA) is 77.4 Å². The van der Waals surface area contributed by atoms with Crippen LogP contribution in [0.5, 0.6) is 0 Å². The van der Waals surface area contributed by atoms with Gasteiger partial charge in [0.1, 0.15) is 5.60 Å². The number of amides is 1. The molecule has 1 aliphatic carbocycles. The summed E-state index contributed by atoms with van der Waals surface area (Å²) in [5, 5.41) is 15.9. The van der Waals surface area contributed by atoms with E-state index in [9.17, 15) is 4.79 Å². The van der Waals surface area contributed by atoms with Gasteiger partial charge in [-0.15, -0.1) is 0 Å². The van der Waals surface area contributed by atoms with Crippen LogP contribution in [0, 0.1) is 17.2 Å². The van der Waals surface area contributed by atoms with Gasteiger partial charge in [0.2, 0.25) is 0 Å². The Morgan fingerprint density at radius 1 is 1.10 bits per heavy atom. The third-order valence-electron chi connectivity index (χ3n) is 6.47. The van der Waals surface area contributed by atoms with E-state index in [1.165, 1.54) is 25.7 Å². The third kappa shape index (κ3) is 8.14. The molecule has 2 aliphatic rings. The fourth-order valence-corrected chi connectivity index (χ4v) is 4.69. The standard InChI is InChI=1S/C23H42N4O2/c1-22(2,3)29-21(28)25-15-13-23(4,5)27-16-11-19(12-17-27)26-20-9-7-6-8-18(20)10-14-24/h18-20,26H,6-13,15-17H2,1-5H3,(H,25,28)/t18-,20+/m1/s1. The van der Waals surface area contributed by atoms with Crippen molar-refractivity contribution < 1.29 is 9.53 Å². The molecule has 6 heteroatoms. The average Bonchev–Trinajstić information content (AvgIpc) is 2.62. The van der Waals surface area contributed by atoms with Gasteiger partial charge in [0.25, 0.3) is 0 Å². The summed E-state index contributed by atoms with van der Waals surface area (Å²) < 4.78 is 5.32. The number of piperidine rings is 1. The van der Waals surface area contributed by atoms with Gasteiger partial charge < -0.3 is 15.4 Å². The van der Waals surface area contributed by atoms with Crippen LogP contribution in [0.1, 0.15) is 86.0 Å². The minimum atomic E-state index is -0.459. The van der Waals surface area contributed by atoms with E-state index < -0.39 is 5.60 Å². The Balaban J connectivity index is 1.73. The normalized spacial score (nSPS) is 24.7. The molecule has 1 saturated heterocycles. The number of nitrogens with zero attached hydrogens (tertiary/aromatic N) is 2. The van der Waals surface area contributed by atoms with Crippen LogP contribution in [-0.2, 0) is 4.74 Å². The summed E-state index contributed by atoms with van der Waals surface area (Å²) in [5.41, 5.74) is -0.409. The Morgan fingerprint density at radius 2 is 1.76 bits per heavy atom. The van der Waals surface area contributed by atoms with Crippen LogP contribution >= 0.6 is 0 Å². The minimum absolute atomic E-state index is 0.0498. The van der Waals surface area contributed by atoms with Crippen molar-refractivity contribution in [1.29, 1.82) is 5.26 Å². The molecule has 0 aromatic heterocycles. The molecular formula is C23H42N4O2. The van der Waals surface area contributed by atoms with Crippen molar-refractivity contribution in [3.8, 4) is 6.07 Å². The number of alkyl carbamates (subject to hydrolysis) is 1. The number of carbonyl (C=O) groups excluding carboxylic acids is 1. The van der Waals surface area contributed by atoms with Crippen molar-refractivity contribution in [3.05, 3.63) is 0 Å². The number of hydrogen-bond acceptors (Lipinski definition) is 5. The second kappa shape index (κ2) is 10.6. The quantitative estimate of drug-likeness (QED) is 0.662. The Hall–Kier alpha value is -1.32. The number of nitriles is 1. The summed E-state index contributed by atoms with van der Waals surface area (Å²) in [6, 6.07) is 3.47. The number of likely N-dealkylation sites (tertiary alicyclic amines) is 1. The molecule has 29 heavy (non-hydrogen) atoms. The molecular weight excluding hydrogens is 364 g/mol. The Labute approximate surface area is 177 Å². The van der Waals surface area contributed by atoms with E-state index in [1.54, 1.807) is 0 Å². The van der Waals surface area contributed by atoms with Crippen LogP contribution in [0.2, 0.25) is 0 Å². The van der Waals surface area contributed by atoms with Crippen molar-refractivity contribution in [3.63, 3.8) is 0 Å². The van der Waals surface area contributed by atoms with E-state index in [0.29, 0.717) is 31.0 Å². The third-order valence-corrected chi connectivity index (χ3v) is 6.47. The molecule has 1 heterocycles. The highest BCUT2D eigenvalue weighted by Gasteiger charge is 2.33. The van der Waals surface area contributed by atoms with Crippen LogP contribution < -0.4 is 10.6 Å². The largest absolute Gasteiger partial charge is 0.444 e. The predicted molar refractivity (Wildman–Crippen MR) is 117 cm³/mol. The van der Waals surface area contributed by atoms with E-state index in [1.807, 2.05) is 20.8 Å². The molecule has 0 unspecified atom stereocenters. The maximum Gasteiger partial charge on any atom is 0.407 e. The molecule has 1 saturated carbocycles. The zero-order chi connectivity index (χ0) is 21.5. The maximum atomic E-state index is 11.9. The SMILES string of the molecule is CC(C)(C)OC(=O)NCCC(C)(C)N1CCC(N[C@H]2CCCC[C@@H]2CC#N)CC1. The first-order valence-electron chi connectivity index (χ1n) is 11.5. The first kappa shape index (κ1) is 24.0. The fourth-order valence-electron chi connectivity index (χ4n) is 4.69. The monoisotopic (exact) mass is 406 g/mol. The summed E-state index contributed by atoms with van der Waals surface area (Å²) in [6.45, 7) is 12.9. The fraction of sp³-hybridized carbons (Fsp3) is 0.913. The lowest BCUT2D eigenvalue weighted by molar-refractivity contribution is 0.0487. The molecule has 2 fully saturated rings. The van der Waals surface area contributed by atoms with Crippen LogP contribution in [0.25, 0.3) is 0 Å². The Kier molecular flexibility index (Phi) is 8.78. The van der Waals surface area contributed by atoms with Crippen molar-refractivity contribution in [1.82, 2.24) is 15.5 Å². The highest BCUT2D eigenvalue weighted by molar-refractivity contribution is 5.67. The van der Waals surface area contributed by atoms with Crippen molar-refractivity contribution in [2.24, 2.45) is 5.92 Å². The van der Waals surface area contributed by atoms with E-state index in [2.05, 4.69) is 35.5 Å². The molecule has 0 aromatic rings. The van der Waals surface area contributed by atoms with Gasteiger partial charge in [-0.1, -0.05) is 12.8 Å². The molecule has 166 valence electrons. The number of nitrogens with one attached hydrogen (secondary N) is 2. The molecule has 1 aliphatic heterocycles. The van der Waals surface area contributed by atoms with Crippen molar-refractivity contribution in [2.75, 3.05) is 19.6 Å². The Bertz CT molecular complexity index is 556. The zero-order valence-corrected chi connectivity index (χ0v) is 19.2. The first-order valence-corrected chi connectivity index (χ1v) is 11.5. The van der Waals surface area contributed by atoms with E-state index in [4.69, 9.17) is 10.00 Å². The van der Waals surface area contributed by atoms with Crippen molar-refractivity contribution in [2.45, 2.75) is 109 Å². The predicted octanol–water partition coefficient (Wildman–Crippen LogP) is 4.21. The lowest BCUT2D eigenvalue weighted by Crippen LogP contribution is -2.54. The van der Waals surface area contributed by atoms with Gasteiger partial charge in [-0.3, -0.25) is 4.90 Å². The maximum absolute atomic E-state index is 11.9. The second-order valence-electron chi connectivity index (χ2n) is 10.4.